The summed E-state index contributed by atoms with van der Waals surface area (Å²) in [6.45, 7) is 1.93. The fourth-order valence-corrected chi connectivity index (χ4v) is 2.38. The van der Waals surface area contributed by atoms with E-state index in [2.05, 4.69) is 9.97 Å². The lowest BCUT2D eigenvalue weighted by atomic mass is 10.1. The highest BCUT2D eigenvalue weighted by atomic mass is 35.5. The van der Waals surface area contributed by atoms with Crippen LogP contribution >= 0.6 is 23.4 Å². The first-order chi connectivity index (χ1) is 8.16. The van der Waals surface area contributed by atoms with E-state index in [0.717, 1.165) is 15.5 Å². The summed E-state index contributed by atoms with van der Waals surface area (Å²) in [4.78, 5) is 9.15. The molecule has 5 heteroatoms. The zero-order chi connectivity index (χ0) is 12.3. The van der Waals surface area contributed by atoms with Crippen LogP contribution in [0.1, 0.15) is 18.5 Å². The SMILES string of the molecule is C[C@@H](N)c1ccc(Sc2cnccn2)c(Cl)c1. The van der Waals surface area contributed by atoms with Crippen molar-refractivity contribution in [2.75, 3.05) is 0 Å². The van der Waals surface area contributed by atoms with Crippen molar-refractivity contribution in [3.63, 3.8) is 0 Å². The van der Waals surface area contributed by atoms with E-state index in [1.54, 1.807) is 18.6 Å². The van der Waals surface area contributed by atoms with Crippen LogP contribution in [0.3, 0.4) is 0 Å². The summed E-state index contributed by atoms with van der Waals surface area (Å²) in [6, 6.07) is 5.82. The Morgan fingerprint density at radius 3 is 2.76 bits per heavy atom. The van der Waals surface area contributed by atoms with E-state index in [9.17, 15) is 0 Å². The van der Waals surface area contributed by atoms with E-state index in [-0.39, 0.29) is 6.04 Å². The van der Waals surface area contributed by atoms with Gasteiger partial charge in [0, 0.05) is 23.3 Å². The second-order valence-electron chi connectivity index (χ2n) is 3.62. The van der Waals surface area contributed by atoms with E-state index in [4.69, 9.17) is 17.3 Å². The van der Waals surface area contributed by atoms with Crippen molar-refractivity contribution in [3.05, 3.63) is 47.4 Å². The van der Waals surface area contributed by atoms with Gasteiger partial charge in [0.1, 0.15) is 5.03 Å². The van der Waals surface area contributed by atoms with Gasteiger partial charge < -0.3 is 5.73 Å². The van der Waals surface area contributed by atoms with E-state index in [1.165, 1.54) is 11.8 Å². The van der Waals surface area contributed by atoms with Crippen molar-refractivity contribution in [3.8, 4) is 0 Å². The average Bonchev–Trinajstić information content (AvgIpc) is 2.33. The molecule has 0 aliphatic heterocycles. The Hall–Kier alpha value is -1.10. The van der Waals surface area contributed by atoms with E-state index < -0.39 is 0 Å². The number of rotatable bonds is 3. The average molecular weight is 266 g/mol. The van der Waals surface area contributed by atoms with Crippen molar-refractivity contribution in [2.45, 2.75) is 22.9 Å². The summed E-state index contributed by atoms with van der Waals surface area (Å²) >= 11 is 7.69. The van der Waals surface area contributed by atoms with E-state index in [1.807, 2.05) is 25.1 Å². The lowest BCUT2D eigenvalue weighted by Gasteiger charge is -2.08. The first-order valence-electron chi connectivity index (χ1n) is 5.15. The molecule has 0 aliphatic rings. The van der Waals surface area contributed by atoms with E-state index >= 15 is 0 Å². The number of hydrogen-bond donors (Lipinski definition) is 1. The highest BCUT2D eigenvalue weighted by Gasteiger charge is 2.07. The molecular weight excluding hydrogens is 254 g/mol. The summed E-state index contributed by atoms with van der Waals surface area (Å²) in [7, 11) is 0. The van der Waals surface area contributed by atoms with Crippen LogP contribution < -0.4 is 5.73 Å². The predicted molar refractivity (Wildman–Crippen MR) is 70.2 cm³/mol. The number of aromatic nitrogens is 2. The van der Waals surface area contributed by atoms with Crippen molar-refractivity contribution in [1.29, 1.82) is 0 Å². The molecule has 0 unspecified atom stereocenters. The molecule has 17 heavy (non-hydrogen) atoms. The first-order valence-corrected chi connectivity index (χ1v) is 6.35. The molecule has 3 nitrogen and oxygen atoms in total. The molecule has 0 bridgehead atoms. The van der Waals surface area contributed by atoms with Gasteiger partial charge in [0.2, 0.25) is 0 Å². The number of halogens is 1. The molecule has 1 heterocycles. The molecular formula is C12H12ClN3S. The van der Waals surface area contributed by atoms with Crippen LogP contribution in [-0.4, -0.2) is 9.97 Å². The molecule has 0 saturated heterocycles. The Morgan fingerprint density at radius 1 is 1.35 bits per heavy atom. The van der Waals surface area contributed by atoms with Gasteiger partial charge in [-0.05, 0) is 24.6 Å². The normalized spacial score (nSPS) is 12.4. The van der Waals surface area contributed by atoms with Gasteiger partial charge in [-0.3, -0.25) is 4.98 Å². The smallest absolute Gasteiger partial charge is 0.119 e. The highest BCUT2D eigenvalue weighted by Crippen LogP contribution is 2.33. The Kier molecular flexibility index (Phi) is 3.99. The lowest BCUT2D eigenvalue weighted by molar-refractivity contribution is 0.817. The number of hydrogen-bond acceptors (Lipinski definition) is 4. The molecule has 88 valence electrons. The molecule has 0 amide bonds. The van der Waals surface area contributed by atoms with Crippen LogP contribution in [0, 0.1) is 0 Å². The Morgan fingerprint density at radius 2 is 2.18 bits per heavy atom. The van der Waals surface area contributed by atoms with Crippen LogP contribution in [0.5, 0.6) is 0 Å². The maximum atomic E-state index is 6.20. The number of nitrogens with zero attached hydrogens (tertiary/aromatic N) is 2. The lowest BCUT2D eigenvalue weighted by Crippen LogP contribution is -2.04. The summed E-state index contributed by atoms with van der Waals surface area (Å²) < 4.78 is 0. The third-order valence-corrected chi connectivity index (χ3v) is 3.66. The van der Waals surface area contributed by atoms with Crippen LogP contribution in [0.4, 0.5) is 0 Å². The molecule has 1 aromatic carbocycles. The van der Waals surface area contributed by atoms with E-state index in [0.29, 0.717) is 5.02 Å². The van der Waals surface area contributed by atoms with Gasteiger partial charge in [0.05, 0.1) is 11.2 Å². The molecule has 0 saturated carbocycles. The second-order valence-corrected chi connectivity index (χ2v) is 5.09. The van der Waals surface area contributed by atoms with Gasteiger partial charge in [-0.1, -0.05) is 29.4 Å². The van der Waals surface area contributed by atoms with Gasteiger partial charge >= 0.3 is 0 Å². The van der Waals surface area contributed by atoms with Gasteiger partial charge in [-0.25, -0.2) is 4.98 Å². The molecule has 0 radical (unpaired) electrons. The topological polar surface area (TPSA) is 51.8 Å². The summed E-state index contributed by atoms with van der Waals surface area (Å²) in [5, 5.41) is 1.51. The molecule has 1 aromatic heterocycles. The van der Waals surface area contributed by atoms with Crippen molar-refractivity contribution in [1.82, 2.24) is 9.97 Å². The van der Waals surface area contributed by atoms with Gasteiger partial charge in [0.15, 0.2) is 0 Å². The van der Waals surface area contributed by atoms with Gasteiger partial charge in [0.25, 0.3) is 0 Å². The summed E-state index contributed by atoms with van der Waals surface area (Å²) in [5.74, 6) is 0. The van der Waals surface area contributed by atoms with Crippen LogP contribution in [0.2, 0.25) is 5.02 Å². The molecule has 0 fully saturated rings. The predicted octanol–water partition coefficient (Wildman–Crippen LogP) is 3.30. The molecule has 0 aliphatic carbocycles. The number of benzene rings is 1. The largest absolute Gasteiger partial charge is 0.324 e. The third-order valence-electron chi connectivity index (χ3n) is 2.24. The van der Waals surface area contributed by atoms with Crippen LogP contribution in [-0.2, 0) is 0 Å². The standard InChI is InChI=1S/C12H12ClN3S/c1-8(14)9-2-3-11(10(13)6-9)17-12-7-15-4-5-16-12/h2-8H,14H2,1H3/t8-/m1/s1. The Labute approximate surface area is 109 Å². The highest BCUT2D eigenvalue weighted by molar-refractivity contribution is 7.99. The third kappa shape index (κ3) is 3.19. The summed E-state index contributed by atoms with van der Waals surface area (Å²) in [6.07, 6.45) is 5.01. The molecule has 2 aromatic rings. The van der Waals surface area contributed by atoms with Crippen molar-refractivity contribution in [2.24, 2.45) is 5.73 Å². The molecule has 0 spiro atoms. The zero-order valence-electron chi connectivity index (χ0n) is 9.30. The van der Waals surface area contributed by atoms with Gasteiger partial charge in [-0.2, -0.15) is 0 Å². The minimum Gasteiger partial charge on any atom is -0.324 e. The second kappa shape index (κ2) is 5.49. The van der Waals surface area contributed by atoms with Crippen molar-refractivity contribution >= 4 is 23.4 Å². The first kappa shape index (κ1) is 12.4. The number of nitrogens with two attached hydrogens (primary N) is 1. The fourth-order valence-electron chi connectivity index (χ4n) is 1.33. The molecule has 1 atom stereocenters. The van der Waals surface area contributed by atoms with Gasteiger partial charge in [-0.15, -0.1) is 0 Å². The minimum atomic E-state index is -0.0110. The minimum absolute atomic E-state index is 0.0110. The monoisotopic (exact) mass is 265 g/mol. The maximum absolute atomic E-state index is 6.20. The maximum Gasteiger partial charge on any atom is 0.119 e. The zero-order valence-corrected chi connectivity index (χ0v) is 10.9. The molecule has 2 rings (SSSR count). The summed E-state index contributed by atoms with van der Waals surface area (Å²) in [5.41, 5.74) is 6.82. The van der Waals surface area contributed by atoms with Crippen LogP contribution in [0.15, 0.2) is 46.7 Å². The van der Waals surface area contributed by atoms with Crippen LogP contribution in [0.25, 0.3) is 0 Å². The quantitative estimate of drug-likeness (QED) is 0.925. The van der Waals surface area contributed by atoms with Crippen molar-refractivity contribution < 1.29 is 0 Å². The molecule has 2 N–H and O–H groups in total. The fraction of sp³-hybridized carbons (Fsp3) is 0.167. The Bertz CT molecular complexity index is 502. The Balaban J connectivity index is 2.23.